The average molecular weight is 385 g/mol. The number of amides is 3. The van der Waals surface area contributed by atoms with Crippen LogP contribution >= 0.6 is 0 Å². The summed E-state index contributed by atoms with van der Waals surface area (Å²) in [4.78, 5) is 40.3. The van der Waals surface area contributed by atoms with Gasteiger partial charge in [0.05, 0.1) is 0 Å². The molecule has 0 atom stereocenters. The second-order valence-electron chi connectivity index (χ2n) is 7.67. The van der Waals surface area contributed by atoms with Gasteiger partial charge in [-0.15, -0.1) is 0 Å². The quantitative estimate of drug-likeness (QED) is 0.803. The van der Waals surface area contributed by atoms with Gasteiger partial charge in [0.15, 0.2) is 5.76 Å². The number of piperazine rings is 1. The summed E-state index contributed by atoms with van der Waals surface area (Å²) < 4.78 is 5.95. The monoisotopic (exact) mass is 385 g/mol. The van der Waals surface area contributed by atoms with E-state index in [1.807, 2.05) is 32.9 Å². The van der Waals surface area contributed by atoms with Crippen molar-refractivity contribution in [3.8, 4) is 0 Å². The van der Waals surface area contributed by atoms with Crippen molar-refractivity contribution in [3.63, 3.8) is 0 Å². The smallest absolute Gasteiger partial charge is 0.312 e. The lowest BCUT2D eigenvalue weighted by Gasteiger charge is -2.34. The summed E-state index contributed by atoms with van der Waals surface area (Å²) >= 11 is 0. The number of aryl methyl sites for hydroxylation is 3. The SMILES string of the molecule is Cc1ccc(C)c2c(C)c(C(=O)N3CCN(C(=O)C(=O)NC(C)C)CC3)oc12. The zero-order valence-corrected chi connectivity index (χ0v) is 17.1. The van der Waals surface area contributed by atoms with Gasteiger partial charge < -0.3 is 19.5 Å². The third-order valence-electron chi connectivity index (χ3n) is 5.14. The van der Waals surface area contributed by atoms with Crippen LogP contribution in [-0.2, 0) is 9.59 Å². The van der Waals surface area contributed by atoms with E-state index in [-0.39, 0.29) is 11.9 Å². The van der Waals surface area contributed by atoms with Gasteiger partial charge in [0.25, 0.3) is 5.91 Å². The average Bonchev–Trinajstić information content (AvgIpc) is 3.02. The Bertz CT molecular complexity index is 937. The first-order valence-electron chi connectivity index (χ1n) is 9.59. The molecule has 1 aromatic carbocycles. The molecule has 0 aliphatic carbocycles. The van der Waals surface area contributed by atoms with Gasteiger partial charge in [-0.3, -0.25) is 14.4 Å². The van der Waals surface area contributed by atoms with Crippen LogP contribution in [0, 0.1) is 20.8 Å². The predicted octanol–water partition coefficient (Wildman–Crippen LogP) is 2.17. The number of carbonyl (C=O) groups is 3. The predicted molar refractivity (Wildman–Crippen MR) is 106 cm³/mol. The molecule has 1 saturated heterocycles. The number of hydrogen-bond donors (Lipinski definition) is 1. The number of benzene rings is 1. The van der Waals surface area contributed by atoms with Crippen LogP contribution < -0.4 is 5.32 Å². The molecule has 150 valence electrons. The van der Waals surface area contributed by atoms with E-state index in [0.29, 0.717) is 31.9 Å². The molecule has 1 N–H and O–H groups in total. The summed E-state index contributed by atoms with van der Waals surface area (Å²) in [5.74, 6) is -0.975. The van der Waals surface area contributed by atoms with Crippen molar-refractivity contribution >= 4 is 28.7 Å². The highest BCUT2D eigenvalue weighted by atomic mass is 16.3. The highest BCUT2D eigenvalue weighted by Gasteiger charge is 2.31. The van der Waals surface area contributed by atoms with Gasteiger partial charge in [-0.05, 0) is 45.7 Å². The Kier molecular flexibility index (Phi) is 5.45. The summed E-state index contributed by atoms with van der Waals surface area (Å²) in [6.07, 6.45) is 0. The molecule has 2 aromatic rings. The molecule has 2 heterocycles. The molecule has 28 heavy (non-hydrogen) atoms. The lowest BCUT2D eigenvalue weighted by Crippen LogP contribution is -2.54. The molecular weight excluding hydrogens is 358 g/mol. The Hall–Kier alpha value is -2.83. The van der Waals surface area contributed by atoms with Crippen molar-refractivity contribution in [1.29, 1.82) is 0 Å². The van der Waals surface area contributed by atoms with E-state index in [1.54, 1.807) is 18.7 Å². The van der Waals surface area contributed by atoms with Crippen molar-refractivity contribution in [1.82, 2.24) is 15.1 Å². The number of hydrogen-bond acceptors (Lipinski definition) is 4. The van der Waals surface area contributed by atoms with Gasteiger partial charge in [0, 0.05) is 43.2 Å². The van der Waals surface area contributed by atoms with Crippen LogP contribution in [-0.4, -0.2) is 59.7 Å². The third-order valence-corrected chi connectivity index (χ3v) is 5.14. The number of nitrogens with one attached hydrogen (secondary N) is 1. The summed E-state index contributed by atoms with van der Waals surface area (Å²) in [5, 5.41) is 3.60. The summed E-state index contributed by atoms with van der Waals surface area (Å²) in [7, 11) is 0. The van der Waals surface area contributed by atoms with E-state index >= 15 is 0 Å². The zero-order valence-electron chi connectivity index (χ0n) is 17.1. The van der Waals surface area contributed by atoms with Crippen LogP contribution in [0.2, 0.25) is 0 Å². The van der Waals surface area contributed by atoms with E-state index in [2.05, 4.69) is 5.32 Å². The fraction of sp³-hybridized carbons (Fsp3) is 0.476. The first-order chi connectivity index (χ1) is 13.2. The Balaban J connectivity index is 1.73. The van der Waals surface area contributed by atoms with Gasteiger partial charge in [-0.25, -0.2) is 0 Å². The molecule has 7 nitrogen and oxygen atoms in total. The molecule has 1 fully saturated rings. The van der Waals surface area contributed by atoms with Gasteiger partial charge in [0.1, 0.15) is 5.58 Å². The topological polar surface area (TPSA) is 82.9 Å². The van der Waals surface area contributed by atoms with Gasteiger partial charge in [-0.1, -0.05) is 12.1 Å². The molecule has 7 heteroatoms. The molecule has 0 bridgehead atoms. The van der Waals surface area contributed by atoms with Crippen LogP contribution in [0.5, 0.6) is 0 Å². The second kappa shape index (κ2) is 7.66. The van der Waals surface area contributed by atoms with Crippen LogP contribution in [0.15, 0.2) is 16.5 Å². The van der Waals surface area contributed by atoms with E-state index in [0.717, 1.165) is 27.7 Å². The Morgan fingerprint density at radius 2 is 1.54 bits per heavy atom. The number of carbonyl (C=O) groups excluding carboxylic acids is 3. The fourth-order valence-corrected chi connectivity index (χ4v) is 3.60. The summed E-state index contributed by atoms with van der Waals surface area (Å²) in [6.45, 7) is 10.9. The van der Waals surface area contributed by atoms with Crippen molar-refractivity contribution in [2.45, 2.75) is 40.7 Å². The minimum absolute atomic E-state index is 0.0951. The minimum atomic E-state index is -0.603. The van der Waals surface area contributed by atoms with Crippen LogP contribution in [0.25, 0.3) is 11.0 Å². The molecule has 0 unspecified atom stereocenters. The van der Waals surface area contributed by atoms with E-state index in [4.69, 9.17) is 4.42 Å². The van der Waals surface area contributed by atoms with Crippen LogP contribution in [0.1, 0.15) is 41.1 Å². The lowest BCUT2D eigenvalue weighted by molar-refractivity contribution is -0.147. The Morgan fingerprint density at radius 1 is 0.964 bits per heavy atom. The number of rotatable bonds is 2. The minimum Gasteiger partial charge on any atom is -0.450 e. The zero-order chi connectivity index (χ0) is 20.6. The molecule has 1 aromatic heterocycles. The van der Waals surface area contributed by atoms with Gasteiger partial charge >= 0.3 is 11.8 Å². The lowest BCUT2D eigenvalue weighted by atomic mass is 10.0. The number of nitrogens with zero attached hydrogens (tertiary/aromatic N) is 2. The molecule has 3 rings (SSSR count). The van der Waals surface area contributed by atoms with E-state index in [9.17, 15) is 14.4 Å². The molecule has 3 amide bonds. The van der Waals surface area contributed by atoms with Crippen molar-refractivity contribution in [3.05, 3.63) is 34.6 Å². The molecule has 0 saturated carbocycles. The molecule has 1 aliphatic rings. The third kappa shape index (κ3) is 3.61. The largest absolute Gasteiger partial charge is 0.450 e. The van der Waals surface area contributed by atoms with E-state index in [1.165, 1.54) is 4.90 Å². The standard InChI is InChI=1S/C21H27N3O4/c1-12(2)22-19(25)21(27)24-10-8-23(9-11-24)20(26)18-15(5)16-13(3)6-7-14(4)17(16)28-18/h6-7,12H,8-11H2,1-5H3,(H,22,25). The van der Waals surface area contributed by atoms with Crippen molar-refractivity contribution < 1.29 is 18.8 Å². The van der Waals surface area contributed by atoms with Crippen molar-refractivity contribution in [2.75, 3.05) is 26.2 Å². The van der Waals surface area contributed by atoms with E-state index < -0.39 is 11.8 Å². The van der Waals surface area contributed by atoms with Crippen LogP contribution in [0.4, 0.5) is 0 Å². The van der Waals surface area contributed by atoms with Gasteiger partial charge in [-0.2, -0.15) is 0 Å². The maximum atomic E-state index is 13.0. The Labute approximate surface area is 164 Å². The fourth-order valence-electron chi connectivity index (χ4n) is 3.60. The van der Waals surface area contributed by atoms with Crippen LogP contribution in [0.3, 0.4) is 0 Å². The molecular formula is C21H27N3O4. The van der Waals surface area contributed by atoms with Crippen molar-refractivity contribution in [2.24, 2.45) is 0 Å². The normalized spacial score (nSPS) is 14.6. The maximum absolute atomic E-state index is 13.0. The number of fused-ring (bicyclic) bond motifs is 1. The first-order valence-corrected chi connectivity index (χ1v) is 9.59. The highest BCUT2D eigenvalue weighted by molar-refractivity contribution is 6.35. The second-order valence-corrected chi connectivity index (χ2v) is 7.67. The molecule has 1 aliphatic heterocycles. The molecule has 0 spiro atoms. The maximum Gasteiger partial charge on any atom is 0.312 e. The number of furan rings is 1. The van der Waals surface area contributed by atoms with Gasteiger partial charge in [0.2, 0.25) is 0 Å². The molecule has 0 radical (unpaired) electrons. The first kappa shape index (κ1) is 19.9. The Morgan fingerprint density at radius 3 is 2.11 bits per heavy atom. The summed E-state index contributed by atoms with van der Waals surface area (Å²) in [6, 6.07) is 3.92. The summed E-state index contributed by atoms with van der Waals surface area (Å²) in [5.41, 5.74) is 3.66. The highest BCUT2D eigenvalue weighted by Crippen LogP contribution is 2.31.